The monoisotopic (exact) mass is 243 g/mol. The molecule has 0 radical (unpaired) electrons. The van der Waals surface area contributed by atoms with Crippen LogP contribution < -0.4 is 0 Å². The molecule has 1 saturated carbocycles. The molecule has 1 fully saturated rings. The molecule has 2 rings (SSSR count). The Morgan fingerprint density at radius 3 is 2.56 bits per heavy atom. The highest BCUT2D eigenvalue weighted by Gasteiger charge is 2.40. The van der Waals surface area contributed by atoms with E-state index in [1.807, 2.05) is 50.5 Å². The molecule has 1 aliphatic rings. The topological polar surface area (TPSA) is 20.3 Å². The summed E-state index contributed by atoms with van der Waals surface area (Å²) in [7, 11) is 4.05. The van der Waals surface area contributed by atoms with Gasteiger partial charge in [0.15, 0.2) is 5.78 Å². The van der Waals surface area contributed by atoms with Gasteiger partial charge in [0.25, 0.3) is 0 Å². The van der Waals surface area contributed by atoms with Gasteiger partial charge in [0, 0.05) is 12.0 Å². The zero-order valence-electron chi connectivity index (χ0n) is 11.4. The Labute approximate surface area is 109 Å². The molecule has 0 spiro atoms. The van der Waals surface area contributed by atoms with Gasteiger partial charge in [0.1, 0.15) is 0 Å². The summed E-state index contributed by atoms with van der Waals surface area (Å²) >= 11 is 0. The van der Waals surface area contributed by atoms with E-state index in [0.29, 0.717) is 5.78 Å². The second-order valence-electron chi connectivity index (χ2n) is 5.71. The van der Waals surface area contributed by atoms with Crippen LogP contribution in [0.4, 0.5) is 0 Å². The van der Waals surface area contributed by atoms with Crippen LogP contribution in [0.2, 0.25) is 0 Å². The molecule has 1 unspecified atom stereocenters. The van der Waals surface area contributed by atoms with Crippen LogP contribution in [0.1, 0.15) is 25.3 Å². The highest BCUT2D eigenvalue weighted by molar-refractivity contribution is 6.05. The van der Waals surface area contributed by atoms with Gasteiger partial charge in [-0.1, -0.05) is 37.3 Å². The van der Waals surface area contributed by atoms with Crippen LogP contribution in [0.25, 0.3) is 6.08 Å². The van der Waals surface area contributed by atoms with Crippen molar-refractivity contribution in [1.82, 2.24) is 4.90 Å². The maximum atomic E-state index is 12.5. The normalized spacial score (nSPS) is 26.2. The Hall–Kier alpha value is -1.41. The molecule has 0 amide bonds. The lowest BCUT2D eigenvalue weighted by Crippen LogP contribution is -2.34. The third kappa shape index (κ3) is 2.70. The minimum Gasteiger partial charge on any atom is -0.308 e. The maximum absolute atomic E-state index is 12.5. The average Bonchev–Trinajstić information content (AvgIpc) is 2.58. The molecule has 1 atom stereocenters. The fraction of sp³-hybridized carbons (Fsp3) is 0.438. The summed E-state index contributed by atoms with van der Waals surface area (Å²) in [5.41, 5.74) is 1.89. The Morgan fingerprint density at radius 2 is 1.94 bits per heavy atom. The van der Waals surface area contributed by atoms with Crippen LogP contribution in [0.3, 0.4) is 0 Å². The first-order chi connectivity index (χ1) is 8.51. The van der Waals surface area contributed by atoms with E-state index < -0.39 is 0 Å². The van der Waals surface area contributed by atoms with Crippen molar-refractivity contribution < 1.29 is 4.79 Å². The van der Waals surface area contributed by atoms with E-state index in [0.717, 1.165) is 30.5 Å². The number of hydrogen-bond acceptors (Lipinski definition) is 2. The first-order valence-electron chi connectivity index (χ1n) is 6.46. The number of carbonyl (C=O) groups excluding carboxylic acids is 1. The molecule has 2 nitrogen and oxygen atoms in total. The highest BCUT2D eigenvalue weighted by Crippen LogP contribution is 2.38. The van der Waals surface area contributed by atoms with E-state index in [2.05, 4.69) is 11.8 Å². The number of carbonyl (C=O) groups is 1. The molecule has 1 aliphatic carbocycles. The Balaban J connectivity index is 2.19. The summed E-state index contributed by atoms with van der Waals surface area (Å²) in [6.07, 6.45) is 3.91. The van der Waals surface area contributed by atoms with Gasteiger partial charge in [-0.25, -0.2) is 0 Å². The number of Topliss-reactive ketones (excluding diaryl/α,β-unsaturated/α-hetero) is 1. The van der Waals surface area contributed by atoms with Gasteiger partial charge in [-0.2, -0.15) is 0 Å². The number of hydrogen-bond donors (Lipinski definition) is 0. The fourth-order valence-electron chi connectivity index (χ4n) is 2.76. The predicted octanol–water partition coefficient (Wildman–Crippen LogP) is 3.00. The molecule has 0 aromatic heterocycles. The van der Waals surface area contributed by atoms with Crippen LogP contribution in [0.15, 0.2) is 35.9 Å². The van der Waals surface area contributed by atoms with Crippen molar-refractivity contribution in [3.05, 3.63) is 41.5 Å². The van der Waals surface area contributed by atoms with Crippen molar-refractivity contribution in [3.8, 4) is 0 Å². The highest BCUT2D eigenvalue weighted by atomic mass is 16.1. The summed E-state index contributed by atoms with van der Waals surface area (Å²) in [5.74, 6) is 0.319. The number of benzene rings is 1. The maximum Gasteiger partial charge on any atom is 0.166 e. The number of allylic oxidation sites excluding steroid dienone is 1. The van der Waals surface area contributed by atoms with Gasteiger partial charge in [0.2, 0.25) is 0 Å². The summed E-state index contributed by atoms with van der Waals surface area (Å²) in [6.45, 7) is 2.92. The van der Waals surface area contributed by atoms with Crippen molar-refractivity contribution in [3.63, 3.8) is 0 Å². The van der Waals surface area contributed by atoms with Crippen LogP contribution in [0.5, 0.6) is 0 Å². The lowest BCUT2D eigenvalue weighted by molar-refractivity contribution is -0.122. The molecule has 2 heteroatoms. The molecule has 1 aromatic carbocycles. The Morgan fingerprint density at radius 1 is 1.28 bits per heavy atom. The van der Waals surface area contributed by atoms with Crippen LogP contribution in [-0.4, -0.2) is 31.3 Å². The van der Waals surface area contributed by atoms with Crippen molar-refractivity contribution >= 4 is 11.9 Å². The minimum absolute atomic E-state index is 0.204. The van der Waals surface area contributed by atoms with E-state index in [1.165, 1.54) is 0 Å². The molecule has 0 heterocycles. The summed E-state index contributed by atoms with van der Waals surface area (Å²) in [5, 5.41) is 0. The standard InChI is InChI=1S/C16H21NO/c1-16(12-17(2)3)10-9-14(15(16)18)11-13-7-5-4-6-8-13/h4-8,11H,9-10,12H2,1-3H3/b14-11+. The zero-order chi connectivity index (χ0) is 13.2. The first-order valence-corrected chi connectivity index (χ1v) is 6.46. The lowest BCUT2D eigenvalue weighted by Gasteiger charge is -2.25. The van der Waals surface area contributed by atoms with Gasteiger partial charge >= 0.3 is 0 Å². The molecule has 0 N–H and O–H groups in total. The van der Waals surface area contributed by atoms with E-state index >= 15 is 0 Å². The quantitative estimate of drug-likeness (QED) is 0.761. The fourth-order valence-corrected chi connectivity index (χ4v) is 2.76. The molecular formula is C16H21NO. The summed E-state index contributed by atoms with van der Waals surface area (Å²) in [4.78, 5) is 14.6. The van der Waals surface area contributed by atoms with Gasteiger partial charge in [-0.3, -0.25) is 4.79 Å². The van der Waals surface area contributed by atoms with Crippen molar-refractivity contribution in [2.24, 2.45) is 5.41 Å². The Kier molecular flexibility index (Phi) is 3.67. The van der Waals surface area contributed by atoms with Crippen LogP contribution in [0, 0.1) is 5.41 Å². The Bertz CT molecular complexity index is 461. The number of nitrogens with zero attached hydrogens (tertiary/aromatic N) is 1. The van der Waals surface area contributed by atoms with E-state index in [1.54, 1.807) is 0 Å². The SMILES string of the molecule is CN(C)CC1(C)CC/C(=C\c2ccccc2)C1=O. The molecular weight excluding hydrogens is 222 g/mol. The molecule has 1 aromatic rings. The summed E-state index contributed by atoms with van der Waals surface area (Å²) in [6, 6.07) is 10.1. The second kappa shape index (κ2) is 5.07. The van der Waals surface area contributed by atoms with Crippen molar-refractivity contribution in [2.75, 3.05) is 20.6 Å². The first kappa shape index (κ1) is 13.0. The van der Waals surface area contributed by atoms with Crippen molar-refractivity contribution in [2.45, 2.75) is 19.8 Å². The molecule has 0 aliphatic heterocycles. The molecule has 0 saturated heterocycles. The second-order valence-corrected chi connectivity index (χ2v) is 5.71. The average molecular weight is 243 g/mol. The van der Waals surface area contributed by atoms with Gasteiger partial charge in [0.05, 0.1) is 0 Å². The third-order valence-corrected chi connectivity index (χ3v) is 3.59. The zero-order valence-corrected chi connectivity index (χ0v) is 11.4. The molecule has 96 valence electrons. The lowest BCUT2D eigenvalue weighted by atomic mass is 9.86. The van der Waals surface area contributed by atoms with Crippen molar-refractivity contribution in [1.29, 1.82) is 0 Å². The van der Waals surface area contributed by atoms with Gasteiger partial charge in [-0.15, -0.1) is 0 Å². The van der Waals surface area contributed by atoms with E-state index in [-0.39, 0.29) is 5.41 Å². The van der Waals surface area contributed by atoms with Gasteiger partial charge < -0.3 is 4.90 Å². The van der Waals surface area contributed by atoms with E-state index in [4.69, 9.17) is 0 Å². The van der Waals surface area contributed by atoms with Gasteiger partial charge in [-0.05, 0) is 44.1 Å². The minimum atomic E-state index is -0.204. The predicted molar refractivity (Wildman–Crippen MR) is 75.3 cm³/mol. The smallest absolute Gasteiger partial charge is 0.166 e. The van der Waals surface area contributed by atoms with Crippen LogP contribution in [-0.2, 0) is 4.79 Å². The third-order valence-electron chi connectivity index (χ3n) is 3.59. The summed E-state index contributed by atoms with van der Waals surface area (Å²) < 4.78 is 0. The van der Waals surface area contributed by atoms with E-state index in [9.17, 15) is 4.79 Å². The number of rotatable bonds is 3. The largest absolute Gasteiger partial charge is 0.308 e. The van der Waals surface area contributed by atoms with Crippen LogP contribution >= 0.6 is 0 Å². The molecule has 0 bridgehead atoms. The molecule has 18 heavy (non-hydrogen) atoms. The number of ketones is 1.